The summed E-state index contributed by atoms with van der Waals surface area (Å²) in [6.45, 7) is 3.30. The van der Waals surface area contributed by atoms with Crippen molar-refractivity contribution in [2.24, 2.45) is 5.73 Å². The van der Waals surface area contributed by atoms with Crippen molar-refractivity contribution in [1.29, 1.82) is 0 Å². The van der Waals surface area contributed by atoms with Crippen LogP contribution in [0.15, 0.2) is 67.3 Å². The van der Waals surface area contributed by atoms with E-state index in [0.29, 0.717) is 13.0 Å². The molecule has 1 unspecified atom stereocenters. The van der Waals surface area contributed by atoms with Gasteiger partial charge in [-0.25, -0.2) is 4.98 Å². The van der Waals surface area contributed by atoms with Crippen LogP contribution < -0.4 is 11.1 Å². The number of nitrogens with two attached hydrogens (primary N) is 1. The molecule has 5 heteroatoms. The number of rotatable bonds is 8. The highest BCUT2D eigenvalue weighted by atomic mass is 16.2. The number of hydrogen-bond acceptors (Lipinski definition) is 3. The Morgan fingerprint density at radius 3 is 2.67 bits per heavy atom. The fourth-order valence-electron chi connectivity index (χ4n) is 3.09. The zero-order valence-electron chi connectivity index (χ0n) is 15.6. The SMILES string of the molecule is CCCC(N)C(=O)NCc1ccccc1-c1ccc(Cn2ccnc2)cc1. The quantitative estimate of drug-likeness (QED) is 0.645. The Kier molecular flexibility index (Phi) is 6.39. The van der Waals surface area contributed by atoms with Crippen LogP contribution in [0.1, 0.15) is 30.9 Å². The Hall–Kier alpha value is -2.92. The Morgan fingerprint density at radius 2 is 1.96 bits per heavy atom. The van der Waals surface area contributed by atoms with Gasteiger partial charge >= 0.3 is 0 Å². The fraction of sp³-hybridized carbons (Fsp3) is 0.273. The van der Waals surface area contributed by atoms with Gasteiger partial charge in [0.15, 0.2) is 0 Å². The van der Waals surface area contributed by atoms with Crippen LogP contribution in [0.25, 0.3) is 11.1 Å². The molecule has 3 aromatic rings. The number of aromatic nitrogens is 2. The van der Waals surface area contributed by atoms with Crippen LogP contribution in [-0.2, 0) is 17.9 Å². The number of imidazole rings is 1. The molecule has 0 saturated heterocycles. The molecule has 1 aromatic heterocycles. The van der Waals surface area contributed by atoms with Crippen molar-refractivity contribution < 1.29 is 4.79 Å². The first kappa shape index (κ1) is 18.9. The molecule has 1 amide bonds. The van der Waals surface area contributed by atoms with Crippen LogP contribution >= 0.6 is 0 Å². The van der Waals surface area contributed by atoms with Crippen molar-refractivity contribution in [1.82, 2.24) is 14.9 Å². The Bertz CT molecular complexity index is 856. The molecule has 0 fully saturated rings. The van der Waals surface area contributed by atoms with Gasteiger partial charge in [-0.2, -0.15) is 0 Å². The van der Waals surface area contributed by atoms with Crippen molar-refractivity contribution in [3.8, 4) is 11.1 Å². The molecule has 0 spiro atoms. The molecule has 2 aromatic carbocycles. The Labute approximate surface area is 160 Å². The molecule has 1 atom stereocenters. The van der Waals surface area contributed by atoms with Crippen molar-refractivity contribution in [3.63, 3.8) is 0 Å². The lowest BCUT2D eigenvalue weighted by atomic mass is 9.98. The lowest BCUT2D eigenvalue weighted by Crippen LogP contribution is -2.40. The van der Waals surface area contributed by atoms with Crippen LogP contribution in [0, 0.1) is 0 Å². The first-order chi connectivity index (χ1) is 13.2. The second kappa shape index (κ2) is 9.14. The molecular formula is C22H26N4O. The van der Waals surface area contributed by atoms with Gasteiger partial charge in [0.1, 0.15) is 0 Å². The normalized spacial score (nSPS) is 11.9. The van der Waals surface area contributed by atoms with Crippen LogP contribution in [0.3, 0.4) is 0 Å². The third-order valence-corrected chi connectivity index (χ3v) is 4.60. The molecule has 5 nitrogen and oxygen atoms in total. The first-order valence-electron chi connectivity index (χ1n) is 9.33. The largest absolute Gasteiger partial charge is 0.351 e. The third kappa shape index (κ3) is 5.05. The van der Waals surface area contributed by atoms with Crippen LogP contribution in [0.5, 0.6) is 0 Å². The van der Waals surface area contributed by atoms with Gasteiger partial charge < -0.3 is 15.6 Å². The number of amides is 1. The number of carbonyl (C=O) groups excluding carboxylic acids is 1. The third-order valence-electron chi connectivity index (χ3n) is 4.60. The summed E-state index contributed by atoms with van der Waals surface area (Å²) in [6, 6.07) is 16.2. The summed E-state index contributed by atoms with van der Waals surface area (Å²) < 4.78 is 2.04. The topological polar surface area (TPSA) is 72.9 Å². The summed E-state index contributed by atoms with van der Waals surface area (Å²) >= 11 is 0. The predicted octanol–water partition coefficient (Wildman–Crippen LogP) is 3.34. The molecule has 3 N–H and O–H groups in total. The minimum Gasteiger partial charge on any atom is -0.351 e. The molecule has 140 valence electrons. The number of hydrogen-bond donors (Lipinski definition) is 2. The number of nitrogens with one attached hydrogen (secondary N) is 1. The van der Waals surface area contributed by atoms with Gasteiger partial charge in [0.05, 0.1) is 12.4 Å². The van der Waals surface area contributed by atoms with Gasteiger partial charge in [-0.15, -0.1) is 0 Å². The van der Waals surface area contributed by atoms with Gasteiger partial charge in [-0.3, -0.25) is 4.79 Å². The molecule has 27 heavy (non-hydrogen) atoms. The van der Waals surface area contributed by atoms with Crippen molar-refractivity contribution in [2.45, 2.75) is 38.9 Å². The first-order valence-corrected chi connectivity index (χ1v) is 9.33. The van der Waals surface area contributed by atoms with E-state index in [4.69, 9.17) is 5.73 Å². The molecule has 1 heterocycles. The molecular weight excluding hydrogens is 336 g/mol. The highest BCUT2D eigenvalue weighted by Crippen LogP contribution is 2.24. The highest BCUT2D eigenvalue weighted by Gasteiger charge is 2.12. The van der Waals surface area contributed by atoms with Crippen LogP contribution in [0.2, 0.25) is 0 Å². The van der Waals surface area contributed by atoms with E-state index < -0.39 is 6.04 Å². The van der Waals surface area contributed by atoms with E-state index in [1.807, 2.05) is 42.2 Å². The maximum atomic E-state index is 12.1. The standard InChI is InChI=1S/C22H26N4O/c1-2-5-21(23)22(27)25-14-19-6-3-4-7-20(19)18-10-8-17(9-11-18)15-26-13-12-24-16-26/h3-4,6-13,16,21H,2,5,14-15,23H2,1H3,(H,25,27). The summed E-state index contributed by atoms with van der Waals surface area (Å²) in [5.74, 6) is -0.0951. The van der Waals surface area contributed by atoms with Gasteiger partial charge in [0.25, 0.3) is 0 Å². The zero-order valence-corrected chi connectivity index (χ0v) is 15.6. The summed E-state index contributed by atoms with van der Waals surface area (Å²) in [6.07, 6.45) is 7.15. The van der Waals surface area contributed by atoms with Gasteiger partial charge in [0, 0.05) is 25.5 Å². The second-order valence-corrected chi connectivity index (χ2v) is 6.70. The Morgan fingerprint density at radius 1 is 1.19 bits per heavy atom. The van der Waals surface area contributed by atoms with E-state index in [-0.39, 0.29) is 5.91 Å². The minimum absolute atomic E-state index is 0.0951. The minimum atomic E-state index is -0.440. The van der Waals surface area contributed by atoms with E-state index in [1.54, 1.807) is 6.20 Å². The molecule has 0 saturated carbocycles. The predicted molar refractivity (Wildman–Crippen MR) is 108 cm³/mol. The smallest absolute Gasteiger partial charge is 0.237 e. The number of nitrogens with zero attached hydrogens (tertiary/aromatic N) is 2. The summed E-state index contributed by atoms with van der Waals surface area (Å²) in [7, 11) is 0. The maximum Gasteiger partial charge on any atom is 0.237 e. The lowest BCUT2D eigenvalue weighted by molar-refractivity contribution is -0.122. The molecule has 3 rings (SSSR count). The maximum absolute atomic E-state index is 12.1. The van der Waals surface area contributed by atoms with E-state index in [2.05, 4.69) is 40.6 Å². The monoisotopic (exact) mass is 362 g/mol. The summed E-state index contributed by atoms with van der Waals surface area (Å²) in [5, 5.41) is 2.96. The van der Waals surface area contributed by atoms with Gasteiger partial charge in [0.2, 0.25) is 5.91 Å². The van der Waals surface area contributed by atoms with Crippen molar-refractivity contribution >= 4 is 5.91 Å². The van der Waals surface area contributed by atoms with Crippen LogP contribution in [0.4, 0.5) is 0 Å². The summed E-state index contributed by atoms with van der Waals surface area (Å²) in [5.41, 5.74) is 10.4. The lowest BCUT2D eigenvalue weighted by Gasteiger charge is -2.14. The number of carbonyl (C=O) groups is 1. The van der Waals surface area contributed by atoms with E-state index in [9.17, 15) is 4.79 Å². The zero-order chi connectivity index (χ0) is 19.1. The second-order valence-electron chi connectivity index (χ2n) is 6.70. The molecule has 0 aliphatic heterocycles. The average Bonchev–Trinajstić information content (AvgIpc) is 3.20. The van der Waals surface area contributed by atoms with Gasteiger partial charge in [-0.05, 0) is 28.7 Å². The fourth-order valence-corrected chi connectivity index (χ4v) is 3.09. The van der Waals surface area contributed by atoms with E-state index in [0.717, 1.165) is 29.7 Å². The number of benzene rings is 2. The Balaban J connectivity index is 1.70. The molecule has 0 bridgehead atoms. The highest BCUT2D eigenvalue weighted by molar-refractivity contribution is 5.81. The molecule has 0 aliphatic rings. The van der Waals surface area contributed by atoms with E-state index >= 15 is 0 Å². The average molecular weight is 362 g/mol. The van der Waals surface area contributed by atoms with Crippen molar-refractivity contribution in [2.75, 3.05) is 0 Å². The molecule has 0 aliphatic carbocycles. The van der Waals surface area contributed by atoms with Crippen LogP contribution in [-0.4, -0.2) is 21.5 Å². The molecule has 0 radical (unpaired) electrons. The van der Waals surface area contributed by atoms with Crippen molar-refractivity contribution in [3.05, 3.63) is 78.4 Å². The van der Waals surface area contributed by atoms with Gasteiger partial charge in [-0.1, -0.05) is 61.9 Å². The summed E-state index contributed by atoms with van der Waals surface area (Å²) in [4.78, 5) is 16.2. The van der Waals surface area contributed by atoms with E-state index in [1.165, 1.54) is 5.56 Å².